The number of carbonyl (C=O) groups is 1. The van der Waals surface area contributed by atoms with Crippen LogP contribution >= 0.6 is 11.3 Å². The van der Waals surface area contributed by atoms with Gasteiger partial charge in [0.15, 0.2) is 10.8 Å². The zero-order chi connectivity index (χ0) is 12.0. The van der Waals surface area contributed by atoms with Gasteiger partial charge in [0.1, 0.15) is 0 Å². The van der Waals surface area contributed by atoms with Crippen molar-refractivity contribution < 1.29 is 14.3 Å². The van der Waals surface area contributed by atoms with Crippen LogP contribution < -0.4 is 5.32 Å². The first kappa shape index (κ1) is 12.9. The molecule has 1 heterocycles. The molecule has 0 saturated carbocycles. The second-order valence-electron chi connectivity index (χ2n) is 3.06. The molecule has 0 atom stereocenters. The number of aromatic nitrogens is 1. The Hall–Kier alpha value is -1.14. The molecule has 5 nitrogen and oxygen atoms in total. The SMILES string of the molecule is CCOC(=O)c1nc(NCCOC)sc1C. The topological polar surface area (TPSA) is 60.5 Å². The zero-order valence-electron chi connectivity index (χ0n) is 9.70. The van der Waals surface area contributed by atoms with Crippen molar-refractivity contribution in [3.8, 4) is 0 Å². The second kappa shape index (κ2) is 6.44. The van der Waals surface area contributed by atoms with Crippen molar-refractivity contribution in [3.63, 3.8) is 0 Å². The van der Waals surface area contributed by atoms with Crippen molar-refractivity contribution in [2.75, 3.05) is 32.2 Å². The third-order valence-electron chi connectivity index (χ3n) is 1.85. The maximum Gasteiger partial charge on any atom is 0.358 e. The molecule has 1 aromatic heterocycles. The maximum atomic E-state index is 11.5. The first-order valence-electron chi connectivity index (χ1n) is 5.06. The Morgan fingerprint density at radius 3 is 2.94 bits per heavy atom. The Kier molecular flexibility index (Phi) is 5.21. The summed E-state index contributed by atoms with van der Waals surface area (Å²) in [5, 5.41) is 3.80. The molecule has 0 radical (unpaired) electrons. The highest BCUT2D eigenvalue weighted by Gasteiger charge is 2.15. The van der Waals surface area contributed by atoms with Gasteiger partial charge in [0.25, 0.3) is 0 Å². The van der Waals surface area contributed by atoms with Gasteiger partial charge in [0, 0.05) is 18.5 Å². The molecule has 0 aliphatic rings. The summed E-state index contributed by atoms with van der Waals surface area (Å²) in [5.41, 5.74) is 0.395. The number of ether oxygens (including phenoxy) is 2. The molecule has 0 fully saturated rings. The lowest BCUT2D eigenvalue weighted by molar-refractivity contribution is 0.0519. The summed E-state index contributed by atoms with van der Waals surface area (Å²) in [6, 6.07) is 0. The number of rotatable bonds is 6. The summed E-state index contributed by atoms with van der Waals surface area (Å²) < 4.78 is 9.81. The number of aryl methyl sites for hydroxylation is 1. The highest BCUT2D eigenvalue weighted by atomic mass is 32.1. The van der Waals surface area contributed by atoms with Crippen molar-refractivity contribution in [2.45, 2.75) is 13.8 Å². The Labute approximate surface area is 98.8 Å². The van der Waals surface area contributed by atoms with Gasteiger partial charge >= 0.3 is 5.97 Å². The molecule has 1 N–H and O–H groups in total. The Balaban J connectivity index is 2.62. The van der Waals surface area contributed by atoms with E-state index in [1.807, 2.05) is 6.92 Å². The Morgan fingerprint density at radius 2 is 2.31 bits per heavy atom. The van der Waals surface area contributed by atoms with Gasteiger partial charge in [-0.25, -0.2) is 9.78 Å². The van der Waals surface area contributed by atoms with Gasteiger partial charge < -0.3 is 14.8 Å². The molecule has 6 heteroatoms. The van der Waals surface area contributed by atoms with Gasteiger partial charge in [-0.2, -0.15) is 0 Å². The molecule has 1 rings (SSSR count). The van der Waals surface area contributed by atoms with E-state index >= 15 is 0 Å². The summed E-state index contributed by atoms with van der Waals surface area (Å²) >= 11 is 1.44. The highest BCUT2D eigenvalue weighted by Crippen LogP contribution is 2.22. The van der Waals surface area contributed by atoms with Crippen LogP contribution in [-0.2, 0) is 9.47 Å². The van der Waals surface area contributed by atoms with Gasteiger partial charge in [-0.15, -0.1) is 11.3 Å². The molecule has 16 heavy (non-hydrogen) atoms. The quantitative estimate of drug-likeness (QED) is 0.609. The number of nitrogens with zero attached hydrogens (tertiary/aromatic N) is 1. The number of hydrogen-bond donors (Lipinski definition) is 1. The number of methoxy groups -OCH3 is 1. The third kappa shape index (κ3) is 3.46. The zero-order valence-corrected chi connectivity index (χ0v) is 10.5. The van der Waals surface area contributed by atoms with Gasteiger partial charge in [0.2, 0.25) is 0 Å². The maximum absolute atomic E-state index is 11.5. The molecule has 0 spiro atoms. The molecular weight excluding hydrogens is 228 g/mol. The fraction of sp³-hybridized carbons (Fsp3) is 0.600. The van der Waals surface area contributed by atoms with E-state index in [9.17, 15) is 4.79 Å². The number of esters is 1. The number of anilines is 1. The van der Waals surface area contributed by atoms with Gasteiger partial charge in [-0.05, 0) is 13.8 Å². The first-order valence-corrected chi connectivity index (χ1v) is 5.88. The van der Waals surface area contributed by atoms with Crippen LogP contribution in [0.15, 0.2) is 0 Å². The molecule has 0 aliphatic heterocycles. The van der Waals surface area contributed by atoms with E-state index in [4.69, 9.17) is 9.47 Å². The van der Waals surface area contributed by atoms with Crippen molar-refractivity contribution >= 4 is 22.4 Å². The standard InChI is InChI=1S/C10H16N2O3S/c1-4-15-9(13)8-7(2)16-10(12-8)11-5-6-14-3/h4-6H2,1-3H3,(H,11,12). The van der Waals surface area contributed by atoms with Gasteiger partial charge in [-0.1, -0.05) is 0 Å². The fourth-order valence-electron chi connectivity index (χ4n) is 1.12. The van der Waals surface area contributed by atoms with Crippen molar-refractivity contribution in [2.24, 2.45) is 0 Å². The number of thiazole rings is 1. The Bertz CT molecular complexity index is 352. The van der Waals surface area contributed by atoms with Crippen molar-refractivity contribution in [3.05, 3.63) is 10.6 Å². The van der Waals surface area contributed by atoms with Crippen LogP contribution in [0, 0.1) is 6.92 Å². The van der Waals surface area contributed by atoms with E-state index in [-0.39, 0.29) is 5.97 Å². The fourth-order valence-corrected chi connectivity index (χ4v) is 1.95. The predicted octanol–water partition coefficient (Wildman–Crippen LogP) is 1.69. The number of hydrogen-bond acceptors (Lipinski definition) is 6. The van der Waals surface area contributed by atoms with E-state index in [2.05, 4.69) is 10.3 Å². The van der Waals surface area contributed by atoms with Crippen LogP contribution in [0.4, 0.5) is 5.13 Å². The molecule has 0 aromatic carbocycles. The molecule has 0 aliphatic carbocycles. The summed E-state index contributed by atoms with van der Waals surface area (Å²) in [4.78, 5) is 16.5. The van der Waals surface area contributed by atoms with E-state index in [0.717, 1.165) is 10.0 Å². The largest absolute Gasteiger partial charge is 0.461 e. The van der Waals surface area contributed by atoms with Gasteiger partial charge in [0.05, 0.1) is 13.2 Å². The minimum Gasteiger partial charge on any atom is -0.461 e. The molecule has 1 aromatic rings. The smallest absolute Gasteiger partial charge is 0.358 e. The second-order valence-corrected chi connectivity index (χ2v) is 4.27. The van der Waals surface area contributed by atoms with Gasteiger partial charge in [-0.3, -0.25) is 0 Å². The summed E-state index contributed by atoms with van der Waals surface area (Å²) in [6.45, 7) is 5.27. The van der Waals surface area contributed by atoms with Crippen LogP contribution in [0.1, 0.15) is 22.3 Å². The number of carbonyl (C=O) groups excluding carboxylic acids is 1. The summed E-state index contributed by atoms with van der Waals surface area (Å²) in [6.07, 6.45) is 0. The average Bonchev–Trinajstić information content (AvgIpc) is 2.61. The van der Waals surface area contributed by atoms with Crippen molar-refractivity contribution in [1.82, 2.24) is 4.98 Å². The molecule has 90 valence electrons. The summed E-state index contributed by atoms with van der Waals surface area (Å²) in [7, 11) is 1.64. The normalized spacial score (nSPS) is 10.2. The lowest BCUT2D eigenvalue weighted by atomic mass is 10.4. The molecule has 0 unspecified atom stereocenters. The van der Waals surface area contributed by atoms with Crippen molar-refractivity contribution in [1.29, 1.82) is 0 Å². The monoisotopic (exact) mass is 244 g/mol. The number of nitrogens with one attached hydrogen (secondary N) is 1. The lowest BCUT2D eigenvalue weighted by Crippen LogP contribution is -2.09. The van der Waals surface area contributed by atoms with E-state index in [1.54, 1.807) is 14.0 Å². The summed E-state index contributed by atoms with van der Waals surface area (Å²) in [5.74, 6) is -0.365. The van der Waals surface area contributed by atoms with E-state index < -0.39 is 0 Å². The average molecular weight is 244 g/mol. The first-order chi connectivity index (χ1) is 7.69. The van der Waals surface area contributed by atoms with Crippen LogP contribution in [-0.4, -0.2) is 37.8 Å². The highest BCUT2D eigenvalue weighted by molar-refractivity contribution is 7.15. The molecule has 0 saturated heterocycles. The van der Waals surface area contributed by atoms with Crippen LogP contribution in [0.3, 0.4) is 0 Å². The Morgan fingerprint density at radius 1 is 1.56 bits per heavy atom. The molecule has 0 amide bonds. The predicted molar refractivity (Wildman–Crippen MR) is 63.2 cm³/mol. The van der Waals surface area contributed by atoms with Crippen LogP contribution in [0.25, 0.3) is 0 Å². The lowest BCUT2D eigenvalue weighted by Gasteiger charge is -2.00. The minimum absolute atomic E-state index is 0.363. The van der Waals surface area contributed by atoms with E-state index in [0.29, 0.717) is 25.5 Å². The minimum atomic E-state index is -0.365. The molecule has 0 bridgehead atoms. The van der Waals surface area contributed by atoms with E-state index in [1.165, 1.54) is 11.3 Å². The van der Waals surface area contributed by atoms with Crippen LogP contribution in [0.5, 0.6) is 0 Å². The van der Waals surface area contributed by atoms with Crippen LogP contribution in [0.2, 0.25) is 0 Å². The molecular formula is C10H16N2O3S. The third-order valence-corrected chi connectivity index (χ3v) is 2.78.